The molecule has 0 bridgehead atoms. The fraction of sp³-hybridized carbons (Fsp3) is 0.353. The minimum Gasteiger partial charge on any atom is -0.486 e. The number of rotatable bonds is 5. The number of nitrogens with zero attached hydrogens (tertiary/aromatic N) is 6. The summed E-state index contributed by atoms with van der Waals surface area (Å²) in [5.74, 6) is 0. The van der Waals surface area contributed by atoms with Gasteiger partial charge in [0.15, 0.2) is 5.69 Å². The van der Waals surface area contributed by atoms with Crippen LogP contribution in [0.2, 0.25) is 5.02 Å². The fourth-order valence-corrected chi connectivity index (χ4v) is 5.04. The van der Waals surface area contributed by atoms with Crippen molar-refractivity contribution in [1.29, 1.82) is 5.26 Å². The van der Waals surface area contributed by atoms with Gasteiger partial charge < -0.3 is 25.2 Å². The Balaban J connectivity index is 1.64. The summed E-state index contributed by atoms with van der Waals surface area (Å²) in [6.45, 7) is -0.512. The lowest BCUT2D eigenvalue weighted by molar-refractivity contribution is -0.178. The van der Waals surface area contributed by atoms with Crippen molar-refractivity contribution < 1.29 is 25.2 Å². The molecule has 162 valence electrons. The summed E-state index contributed by atoms with van der Waals surface area (Å²) in [5, 5.41) is 59.8. The Bertz CT molecular complexity index is 1120. The predicted molar refractivity (Wildman–Crippen MR) is 109 cm³/mol. The van der Waals surface area contributed by atoms with E-state index in [2.05, 4.69) is 20.3 Å². The van der Waals surface area contributed by atoms with E-state index in [1.54, 1.807) is 5.38 Å². The van der Waals surface area contributed by atoms with Crippen LogP contribution in [0.4, 0.5) is 0 Å². The second-order valence-corrected chi connectivity index (χ2v) is 8.94. The largest absolute Gasteiger partial charge is 0.486 e. The zero-order chi connectivity index (χ0) is 22.1. The average Bonchev–Trinajstić information content (AvgIpc) is 3.39. The molecule has 14 heteroatoms. The maximum absolute atomic E-state index is 11.0. The van der Waals surface area contributed by atoms with Gasteiger partial charge in [0.25, 0.3) is 5.19 Å². The fourth-order valence-electron chi connectivity index (χ4n) is 3.12. The van der Waals surface area contributed by atoms with Crippen LogP contribution in [-0.2, 0) is 4.74 Å². The molecule has 3 unspecified atom stereocenters. The van der Waals surface area contributed by atoms with Gasteiger partial charge in [-0.25, -0.2) is 14.6 Å². The molecule has 1 aliphatic heterocycles. The van der Waals surface area contributed by atoms with Crippen LogP contribution in [0.5, 0.6) is 5.19 Å². The normalized spacial score (nSPS) is 26.0. The molecule has 0 radical (unpaired) electrons. The molecule has 31 heavy (non-hydrogen) atoms. The van der Waals surface area contributed by atoms with Gasteiger partial charge in [-0.1, -0.05) is 39.9 Å². The summed E-state index contributed by atoms with van der Waals surface area (Å²) < 4.78 is 6.94. The van der Waals surface area contributed by atoms with Crippen molar-refractivity contribution in [3.63, 3.8) is 0 Å². The van der Waals surface area contributed by atoms with Crippen LogP contribution < -0.4 is 0 Å². The molecule has 1 fully saturated rings. The molecule has 4 rings (SSSR count). The van der Waals surface area contributed by atoms with Crippen molar-refractivity contribution in [3.05, 3.63) is 34.6 Å². The highest BCUT2D eigenvalue weighted by molar-refractivity contribution is 7.99. The van der Waals surface area contributed by atoms with Gasteiger partial charge in [-0.15, -0.1) is 5.10 Å². The molecule has 4 N–H and O–H groups in total. The third-order valence-corrected chi connectivity index (χ3v) is 6.62. The van der Waals surface area contributed by atoms with Gasteiger partial charge in [-0.2, -0.15) is 5.26 Å². The third kappa shape index (κ3) is 4.37. The Hall–Kier alpha value is -2.31. The second kappa shape index (κ2) is 9.05. The number of hydrogen-bond donors (Lipinski definition) is 4. The molecule has 0 spiro atoms. The Morgan fingerprint density at radius 1 is 1.32 bits per heavy atom. The SMILES string of the molecule is N#Cc1ncc(Cl)cc1S[C@H]1OC(CO)[C@H](O)C(n2cc(-c3csc(O)n3)nn2)C1O. The quantitative estimate of drug-likeness (QED) is 0.405. The van der Waals surface area contributed by atoms with Gasteiger partial charge in [0.05, 0.1) is 17.8 Å². The molecule has 3 aromatic rings. The smallest absolute Gasteiger partial charge is 0.271 e. The molecule has 0 aromatic carbocycles. The first-order valence-corrected chi connectivity index (χ1v) is 11.0. The number of thiazole rings is 1. The minimum atomic E-state index is -1.30. The van der Waals surface area contributed by atoms with Crippen LogP contribution in [0.15, 0.2) is 28.7 Å². The lowest BCUT2D eigenvalue weighted by atomic mass is 9.97. The van der Waals surface area contributed by atoms with E-state index in [1.807, 2.05) is 6.07 Å². The van der Waals surface area contributed by atoms with E-state index in [4.69, 9.17) is 16.3 Å². The minimum absolute atomic E-state index is 0.0970. The molecule has 1 saturated heterocycles. The molecule has 11 nitrogen and oxygen atoms in total. The van der Waals surface area contributed by atoms with Crippen molar-refractivity contribution >= 4 is 34.7 Å². The van der Waals surface area contributed by atoms with Gasteiger partial charge >= 0.3 is 0 Å². The van der Waals surface area contributed by atoms with E-state index in [1.165, 1.54) is 23.1 Å². The van der Waals surface area contributed by atoms with E-state index in [0.717, 1.165) is 23.1 Å². The standard InChI is InChI=1S/C17H15ClN6O5S2/c18-7-1-12(8(2-19)20-3-7)31-16-15(27)13(14(26)11(5-25)29-16)24-4-9(22-23-24)10-6-30-17(28)21-10/h1,3-4,6,11,13-16,25-27H,5H2,(H,21,28)/t11?,13?,14-,15?,16+/m0/s1. The number of thioether (sulfide) groups is 1. The van der Waals surface area contributed by atoms with Crippen LogP contribution >= 0.6 is 34.7 Å². The molecular weight excluding hydrogens is 468 g/mol. The van der Waals surface area contributed by atoms with Gasteiger partial charge in [0.1, 0.15) is 47.2 Å². The number of hydrogen-bond acceptors (Lipinski definition) is 12. The van der Waals surface area contributed by atoms with Crippen LogP contribution in [0.3, 0.4) is 0 Å². The van der Waals surface area contributed by atoms with Crippen molar-refractivity contribution in [2.75, 3.05) is 6.61 Å². The van der Waals surface area contributed by atoms with Crippen LogP contribution in [-0.4, -0.2) is 75.7 Å². The summed E-state index contributed by atoms with van der Waals surface area (Å²) >= 11 is 8.00. The van der Waals surface area contributed by atoms with E-state index in [9.17, 15) is 25.7 Å². The lowest BCUT2D eigenvalue weighted by Gasteiger charge is -2.41. The molecule has 4 heterocycles. The van der Waals surface area contributed by atoms with E-state index in [0.29, 0.717) is 21.3 Å². The molecule has 0 amide bonds. The number of aliphatic hydroxyl groups is 3. The van der Waals surface area contributed by atoms with Crippen molar-refractivity contribution in [3.8, 4) is 22.7 Å². The monoisotopic (exact) mass is 482 g/mol. The highest BCUT2D eigenvalue weighted by atomic mass is 35.5. The lowest BCUT2D eigenvalue weighted by Crippen LogP contribution is -2.55. The molecule has 0 aliphatic carbocycles. The van der Waals surface area contributed by atoms with E-state index < -0.39 is 36.4 Å². The number of aliphatic hydroxyl groups excluding tert-OH is 3. The van der Waals surface area contributed by atoms with E-state index in [-0.39, 0.29) is 10.9 Å². The summed E-state index contributed by atoms with van der Waals surface area (Å²) in [4.78, 5) is 8.25. The number of ether oxygens (including phenoxy) is 1. The maximum atomic E-state index is 11.0. The highest BCUT2D eigenvalue weighted by Gasteiger charge is 2.46. The molecule has 1 aliphatic rings. The van der Waals surface area contributed by atoms with E-state index >= 15 is 0 Å². The first-order chi connectivity index (χ1) is 14.9. The Labute approximate surface area is 188 Å². The van der Waals surface area contributed by atoms with Crippen LogP contribution in [0.1, 0.15) is 11.7 Å². The molecular formula is C17H15ClN6O5S2. The zero-order valence-electron chi connectivity index (χ0n) is 15.5. The van der Waals surface area contributed by atoms with Gasteiger partial charge in [-0.05, 0) is 6.07 Å². The van der Waals surface area contributed by atoms with Crippen LogP contribution in [0.25, 0.3) is 11.4 Å². The summed E-state index contributed by atoms with van der Waals surface area (Å²) in [6.07, 6.45) is -0.831. The second-order valence-electron chi connectivity index (χ2n) is 6.53. The predicted octanol–water partition coefficient (Wildman–Crippen LogP) is 0.800. The summed E-state index contributed by atoms with van der Waals surface area (Å²) in [5.41, 5.74) is -0.162. The first kappa shape index (κ1) is 21.9. The Morgan fingerprint density at radius 2 is 2.13 bits per heavy atom. The van der Waals surface area contributed by atoms with Crippen LogP contribution in [0, 0.1) is 11.3 Å². The maximum Gasteiger partial charge on any atom is 0.271 e. The Morgan fingerprint density at radius 3 is 2.81 bits per heavy atom. The topological polar surface area (TPSA) is 170 Å². The van der Waals surface area contributed by atoms with Gasteiger partial charge in [0, 0.05) is 16.5 Å². The zero-order valence-corrected chi connectivity index (χ0v) is 17.9. The Kier molecular flexibility index (Phi) is 6.39. The number of aromatic hydroxyl groups is 1. The van der Waals surface area contributed by atoms with Gasteiger partial charge in [0.2, 0.25) is 0 Å². The summed E-state index contributed by atoms with van der Waals surface area (Å²) in [6, 6.07) is 2.45. The number of pyridine rings is 1. The highest BCUT2D eigenvalue weighted by Crippen LogP contribution is 2.39. The van der Waals surface area contributed by atoms with Crippen molar-refractivity contribution in [1.82, 2.24) is 25.0 Å². The average molecular weight is 483 g/mol. The third-order valence-electron chi connectivity index (χ3n) is 4.59. The first-order valence-electron chi connectivity index (χ1n) is 8.82. The molecule has 0 saturated carbocycles. The number of aromatic nitrogens is 5. The molecule has 5 atom stereocenters. The molecule has 3 aromatic heterocycles. The van der Waals surface area contributed by atoms with Crippen molar-refractivity contribution in [2.45, 2.75) is 34.7 Å². The summed E-state index contributed by atoms with van der Waals surface area (Å²) in [7, 11) is 0. The van der Waals surface area contributed by atoms with Crippen molar-refractivity contribution in [2.24, 2.45) is 0 Å². The number of halogens is 1. The van der Waals surface area contributed by atoms with Gasteiger partial charge in [-0.3, -0.25) is 0 Å². The number of nitriles is 1.